The van der Waals surface area contributed by atoms with Gasteiger partial charge in [-0.1, -0.05) is 19.9 Å². The van der Waals surface area contributed by atoms with Gasteiger partial charge in [-0.3, -0.25) is 0 Å². The average Bonchev–Trinajstić information content (AvgIpc) is 2.30. The van der Waals surface area contributed by atoms with E-state index in [0.717, 1.165) is 5.56 Å². The maximum absolute atomic E-state index is 12.4. The molecule has 0 saturated carbocycles. The van der Waals surface area contributed by atoms with Crippen molar-refractivity contribution in [3.05, 3.63) is 23.3 Å². The molecular weight excluding hydrogens is 264 g/mol. The number of sulfonamides is 1. The Labute approximate surface area is 114 Å². The minimum Gasteiger partial charge on any atom is -0.398 e. The molecule has 108 valence electrons. The van der Waals surface area contributed by atoms with Gasteiger partial charge in [-0.2, -0.15) is 0 Å². The second-order valence-corrected chi connectivity index (χ2v) is 6.73. The summed E-state index contributed by atoms with van der Waals surface area (Å²) in [7, 11) is -3.74. The molecule has 1 rings (SSSR count). The van der Waals surface area contributed by atoms with E-state index in [1.165, 1.54) is 0 Å². The van der Waals surface area contributed by atoms with E-state index in [1.54, 1.807) is 19.1 Å². The van der Waals surface area contributed by atoms with Gasteiger partial charge in [-0.15, -0.1) is 0 Å². The van der Waals surface area contributed by atoms with Gasteiger partial charge in [0.15, 0.2) is 0 Å². The van der Waals surface area contributed by atoms with Gasteiger partial charge < -0.3 is 10.8 Å². The van der Waals surface area contributed by atoms with Crippen molar-refractivity contribution in [2.45, 2.75) is 38.6 Å². The average molecular weight is 286 g/mol. The lowest BCUT2D eigenvalue weighted by atomic mass is 10.1. The molecule has 0 spiro atoms. The summed E-state index contributed by atoms with van der Waals surface area (Å²) in [6.07, 6.45) is 0. The van der Waals surface area contributed by atoms with Crippen LogP contribution in [0.4, 0.5) is 5.69 Å². The van der Waals surface area contributed by atoms with E-state index < -0.39 is 16.1 Å². The van der Waals surface area contributed by atoms with E-state index in [0.29, 0.717) is 5.56 Å². The SMILES string of the molecule is Cc1ccc(N)c(S(=O)(=O)NC(CO)C(C)C)c1C. The third-order valence-corrected chi connectivity index (χ3v) is 4.98. The molecule has 4 N–H and O–H groups in total. The number of nitrogen functional groups attached to an aromatic ring is 1. The number of aliphatic hydroxyl groups is 1. The topological polar surface area (TPSA) is 92.4 Å². The maximum Gasteiger partial charge on any atom is 0.243 e. The van der Waals surface area contributed by atoms with Gasteiger partial charge in [0.1, 0.15) is 4.90 Å². The second kappa shape index (κ2) is 5.90. The summed E-state index contributed by atoms with van der Waals surface area (Å²) in [6, 6.07) is 2.85. The van der Waals surface area contributed by atoms with Gasteiger partial charge in [0.25, 0.3) is 0 Å². The molecule has 0 amide bonds. The number of hydrogen-bond donors (Lipinski definition) is 3. The highest BCUT2D eigenvalue weighted by Crippen LogP contribution is 2.25. The molecule has 19 heavy (non-hydrogen) atoms. The number of nitrogens with one attached hydrogen (secondary N) is 1. The summed E-state index contributed by atoms with van der Waals surface area (Å²) >= 11 is 0. The lowest BCUT2D eigenvalue weighted by molar-refractivity contribution is 0.227. The first-order chi connectivity index (χ1) is 8.70. The van der Waals surface area contributed by atoms with Crippen molar-refractivity contribution in [3.63, 3.8) is 0 Å². The zero-order chi connectivity index (χ0) is 14.8. The van der Waals surface area contributed by atoms with Crippen LogP contribution in [0.1, 0.15) is 25.0 Å². The normalized spacial score (nSPS) is 13.8. The smallest absolute Gasteiger partial charge is 0.243 e. The van der Waals surface area contributed by atoms with Gasteiger partial charge >= 0.3 is 0 Å². The Morgan fingerprint density at radius 1 is 1.32 bits per heavy atom. The minimum absolute atomic E-state index is 0.00823. The van der Waals surface area contributed by atoms with Crippen molar-refractivity contribution in [2.24, 2.45) is 5.92 Å². The monoisotopic (exact) mass is 286 g/mol. The third-order valence-electron chi connectivity index (χ3n) is 3.28. The first-order valence-electron chi connectivity index (χ1n) is 6.19. The zero-order valence-corrected chi connectivity index (χ0v) is 12.6. The predicted molar refractivity (Wildman–Crippen MR) is 76.4 cm³/mol. The van der Waals surface area contributed by atoms with Crippen molar-refractivity contribution in [3.8, 4) is 0 Å². The molecular formula is C13H22N2O3S. The van der Waals surface area contributed by atoms with E-state index in [1.807, 2.05) is 20.8 Å². The molecule has 1 aromatic carbocycles. The van der Waals surface area contributed by atoms with Crippen molar-refractivity contribution in [1.29, 1.82) is 0 Å². The van der Waals surface area contributed by atoms with Crippen molar-refractivity contribution in [2.75, 3.05) is 12.3 Å². The van der Waals surface area contributed by atoms with Crippen LogP contribution in [-0.4, -0.2) is 26.2 Å². The fourth-order valence-electron chi connectivity index (χ4n) is 1.81. The quantitative estimate of drug-likeness (QED) is 0.709. The number of aryl methyl sites for hydroxylation is 1. The molecule has 0 radical (unpaired) electrons. The van der Waals surface area contributed by atoms with E-state index >= 15 is 0 Å². The van der Waals surface area contributed by atoms with Gasteiger partial charge in [0.2, 0.25) is 10.0 Å². The van der Waals surface area contributed by atoms with Crippen LogP contribution in [-0.2, 0) is 10.0 Å². The number of benzene rings is 1. The molecule has 0 aliphatic heterocycles. The molecule has 0 fully saturated rings. The van der Waals surface area contributed by atoms with Gasteiger partial charge in [-0.05, 0) is 37.0 Å². The largest absolute Gasteiger partial charge is 0.398 e. The summed E-state index contributed by atoms with van der Waals surface area (Å²) in [4.78, 5) is 0.103. The lowest BCUT2D eigenvalue weighted by Crippen LogP contribution is -2.41. The highest BCUT2D eigenvalue weighted by Gasteiger charge is 2.25. The van der Waals surface area contributed by atoms with Crippen LogP contribution >= 0.6 is 0 Å². The first-order valence-corrected chi connectivity index (χ1v) is 7.68. The fraction of sp³-hybridized carbons (Fsp3) is 0.538. The van der Waals surface area contributed by atoms with Crippen LogP contribution in [0.2, 0.25) is 0 Å². The molecule has 0 saturated heterocycles. The van der Waals surface area contributed by atoms with Crippen LogP contribution in [0.3, 0.4) is 0 Å². The van der Waals surface area contributed by atoms with Crippen molar-refractivity contribution >= 4 is 15.7 Å². The minimum atomic E-state index is -3.74. The molecule has 6 heteroatoms. The van der Waals surface area contributed by atoms with Crippen LogP contribution in [0.5, 0.6) is 0 Å². The molecule has 1 unspecified atom stereocenters. The zero-order valence-electron chi connectivity index (χ0n) is 11.8. The van der Waals surface area contributed by atoms with Crippen molar-refractivity contribution < 1.29 is 13.5 Å². The molecule has 0 aliphatic rings. The summed E-state index contributed by atoms with van der Waals surface area (Å²) in [6.45, 7) is 7.00. The van der Waals surface area contributed by atoms with Gasteiger partial charge in [-0.25, -0.2) is 13.1 Å². The number of nitrogens with two attached hydrogens (primary N) is 1. The molecule has 0 bridgehead atoms. The molecule has 0 aromatic heterocycles. The summed E-state index contributed by atoms with van der Waals surface area (Å²) in [5.74, 6) is -0.00823. The van der Waals surface area contributed by atoms with E-state index in [4.69, 9.17) is 5.73 Å². The number of aliphatic hydroxyl groups excluding tert-OH is 1. The number of anilines is 1. The van der Waals surface area contributed by atoms with Crippen LogP contribution in [0.15, 0.2) is 17.0 Å². The van der Waals surface area contributed by atoms with Gasteiger partial charge in [0.05, 0.1) is 12.3 Å². The molecule has 5 nitrogen and oxygen atoms in total. The Morgan fingerprint density at radius 2 is 1.89 bits per heavy atom. The Bertz CT molecular complexity index is 553. The Hall–Kier alpha value is -1.11. The number of rotatable bonds is 5. The van der Waals surface area contributed by atoms with E-state index in [-0.39, 0.29) is 23.1 Å². The Morgan fingerprint density at radius 3 is 2.37 bits per heavy atom. The Balaban J connectivity index is 3.25. The summed E-state index contributed by atoms with van der Waals surface area (Å²) < 4.78 is 27.3. The molecule has 0 aliphatic carbocycles. The van der Waals surface area contributed by atoms with Crippen LogP contribution in [0.25, 0.3) is 0 Å². The number of hydrogen-bond acceptors (Lipinski definition) is 4. The third kappa shape index (κ3) is 3.46. The highest BCUT2D eigenvalue weighted by atomic mass is 32.2. The molecule has 1 atom stereocenters. The van der Waals surface area contributed by atoms with E-state index in [2.05, 4.69) is 4.72 Å². The lowest BCUT2D eigenvalue weighted by Gasteiger charge is -2.21. The molecule has 0 heterocycles. The fourth-order valence-corrected chi connectivity index (χ4v) is 3.62. The summed E-state index contributed by atoms with van der Waals surface area (Å²) in [5.41, 5.74) is 7.50. The molecule has 1 aromatic rings. The Kier molecular flexibility index (Phi) is 4.95. The van der Waals surface area contributed by atoms with Gasteiger partial charge in [0, 0.05) is 6.04 Å². The first kappa shape index (κ1) is 15.9. The maximum atomic E-state index is 12.4. The standard InChI is InChI=1S/C13H22N2O3S/c1-8(2)12(7-16)15-19(17,18)13-10(4)9(3)5-6-11(13)14/h5-6,8,12,15-16H,7,14H2,1-4H3. The van der Waals surface area contributed by atoms with E-state index in [9.17, 15) is 13.5 Å². The van der Waals surface area contributed by atoms with Crippen LogP contribution < -0.4 is 10.5 Å². The van der Waals surface area contributed by atoms with Crippen molar-refractivity contribution in [1.82, 2.24) is 4.72 Å². The van der Waals surface area contributed by atoms with Crippen LogP contribution in [0, 0.1) is 19.8 Å². The highest BCUT2D eigenvalue weighted by molar-refractivity contribution is 7.89. The second-order valence-electron chi connectivity index (χ2n) is 5.08. The predicted octanol–water partition coefficient (Wildman–Crippen LogP) is 1.18. The summed E-state index contributed by atoms with van der Waals surface area (Å²) in [5, 5.41) is 9.24.